The number of benzene rings is 1. The number of likely N-dealkylation sites (tertiary alicyclic amines) is 1. The van der Waals surface area contributed by atoms with Crippen LogP contribution < -0.4 is 15.5 Å². The Hall–Kier alpha value is -2.00. The van der Waals surface area contributed by atoms with Gasteiger partial charge in [-0.15, -0.1) is 0 Å². The smallest absolute Gasteiger partial charge is 0.378 e. The third-order valence-corrected chi connectivity index (χ3v) is 5.01. The minimum Gasteiger partial charge on any atom is -0.378 e. The quantitative estimate of drug-likeness (QED) is 0.585. The number of nitrogens with zero attached hydrogens (tertiary/aromatic N) is 3. The molecule has 2 N–H and O–H groups in total. The molecule has 1 aromatic rings. The molecule has 9 heteroatoms. The van der Waals surface area contributed by atoms with Crippen molar-refractivity contribution in [3.05, 3.63) is 29.8 Å². The van der Waals surface area contributed by atoms with Gasteiger partial charge in [0.2, 0.25) is 0 Å². The molecule has 0 radical (unpaired) electrons. The first kappa shape index (κ1) is 20.7. The zero-order valence-electron chi connectivity index (χ0n) is 16.1. The van der Waals surface area contributed by atoms with Gasteiger partial charge in [-0.05, 0) is 24.1 Å². The lowest BCUT2D eigenvalue weighted by Gasteiger charge is -2.29. The predicted octanol–water partition coefficient (Wildman–Crippen LogP) is 1.82. The van der Waals surface area contributed by atoms with E-state index in [4.69, 9.17) is 4.74 Å². The van der Waals surface area contributed by atoms with E-state index in [2.05, 4.69) is 44.8 Å². The van der Waals surface area contributed by atoms with Crippen LogP contribution in [-0.2, 0) is 11.3 Å². The second-order valence-corrected chi connectivity index (χ2v) is 7.17. The molecule has 156 valence electrons. The van der Waals surface area contributed by atoms with Crippen LogP contribution in [0.5, 0.6) is 0 Å². The normalized spacial score (nSPS) is 21.8. The fraction of sp³-hybridized carbons (Fsp3) is 0.632. The van der Waals surface area contributed by atoms with Crippen molar-refractivity contribution in [3.8, 4) is 0 Å². The molecule has 0 aromatic heterocycles. The Balaban J connectivity index is 1.44. The van der Waals surface area contributed by atoms with Crippen molar-refractivity contribution in [3.63, 3.8) is 0 Å². The van der Waals surface area contributed by atoms with Gasteiger partial charge < -0.3 is 20.3 Å². The third-order valence-electron chi connectivity index (χ3n) is 5.01. The summed E-state index contributed by atoms with van der Waals surface area (Å²) in [6.45, 7) is 3.88. The van der Waals surface area contributed by atoms with E-state index in [1.54, 1.807) is 7.05 Å². The molecule has 2 heterocycles. The fourth-order valence-corrected chi connectivity index (χ4v) is 3.57. The molecule has 0 spiro atoms. The van der Waals surface area contributed by atoms with E-state index in [1.807, 2.05) is 0 Å². The second-order valence-electron chi connectivity index (χ2n) is 7.17. The van der Waals surface area contributed by atoms with Crippen LogP contribution in [-0.4, -0.2) is 76.1 Å². The van der Waals surface area contributed by atoms with Crippen LogP contribution in [0.25, 0.3) is 0 Å². The highest BCUT2D eigenvalue weighted by molar-refractivity contribution is 5.80. The van der Waals surface area contributed by atoms with Gasteiger partial charge in [-0.25, -0.2) is 0 Å². The summed E-state index contributed by atoms with van der Waals surface area (Å²) >= 11 is 0. The van der Waals surface area contributed by atoms with Crippen molar-refractivity contribution in [2.45, 2.75) is 25.2 Å². The maximum Gasteiger partial charge on any atom is 0.401 e. The molecule has 1 aromatic carbocycles. The third kappa shape index (κ3) is 6.27. The molecule has 2 saturated heterocycles. The number of aliphatic imine (C=N–C) groups is 1. The van der Waals surface area contributed by atoms with Crippen LogP contribution >= 0.6 is 0 Å². The molecular formula is C19H28F3N5O. The van der Waals surface area contributed by atoms with Gasteiger partial charge in [-0.1, -0.05) is 12.1 Å². The fourth-order valence-electron chi connectivity index (χ4n) is 3.57. The first-order chi connectivity index (χ1) is 13.4. The van der Waals surface area contributed by atoms with E-state index < -0.39 is 12.7 Å². The SMILES string of the molecule is CN=C(NCc1ccc(N2CCOCC2)cc1)NC1CCN(CC(F)(F)F)C1. The van der Waals surface area contributed by atoms with Crippen LogP contribution in [0.4, 0.5) is 18.9 Å². The number of hydrogen-bond acceptors (Lipinski definition) is 4. The van der Waals surface area contributed by atoms with Crippen LogP contribution in [0, 0.1) is 0 Å². The topological polar surface area (TPSA) is 52.1 Å². The molecule has 1 unspecified atom stereocenters. The molecule has 1 atom stereocenters. The van der Waals surface area contributed by atoms with Crippen molar-refractivity contribution in [1.29, 1.82) is 0 Å². The number of nitrogens with one attached hydrogen (secondary N) is 2. The number of anilines is 1. The average molecular weight is 399 g/mol. The van der Waals surface area contributed by atoms with Crippen LogP contribution in [0.2, 0.25) is 0 Å². The lowest BCUT2D eigenvalue weighted by Crippen LogP contribution is -2.44. The van der Waals surface area contributed by atoms with Gasteiger partial charge in [0, 0.05) is 51.5 Å². The van der Waals surface area contributed by atoms with Crippen molar-refractivity contribution >= 4 is 11.6 Å². The Morgan fingerprint density at radius 1 is 1.18 bits per heavy atom. The molecule has 2 fully saturated rings. The van der Waals surface area contributed by atoms with Crippen molar-refractivity contribution in [2.75, 3.05) is 57.9 Å². The molecule has 28 heavy (non-hydrogen) atoms. The van der Waals surface area contributed by atoms with Gasteiger partial charge in [0.05, 0.1) is 19.8 Å². The molecule has 0 saturated carbocycles. The number of halogens is 3. The van der Waals surface area contributed by atoms with Crippen LogP contribution in [0.1, 0.15) is 12.0 Å². The lowest BCUT2D eigenvalue weighted by atomic mass is 10.2. The van der Waals surface area contributed by atoms with Crippen molar-refractivity contribution in [2.24, 2.45) is 4.99 Å². The average Bonchev–Trinajstić information content (AvgIpc) is 3.11. The van der Waals surface area contributed by atoms with E-state index in [9.17, 15) is 13.2 Å². The number of alkyl halides is 3. The zero-order valence-corrected chi connectivity index (χ0v) is 16.1. The van der Waals surface area contributed by atoms with E-state index in [1.165, 1.54) is 10.6 Å². The van der Waals surface area contributed by atoms with Gasteiger partial charge >= 0.3 is 6.18 Å². The molecule has 0 amide bonds. The summed E-state index contributed by atoms with van der Waals surface area (Å²) in [6.07, 6.45) is -3.48. The summed E-state index contributed by atoms with van der Waals surface area (Å²) in [4.78, 5) is 7.91. The van der Waals surface area contributed by atoms with E-state index in [0.29, 0.717) is 32.0 Å². The summed E-state index contributed by atoms with van der Waals surface area (Å²) < 4.78 is 42.9. The summed E-state index contributed by atoms with van der Waals surface area (Å²) in [5.74, 6) is 0.608. The Bertz CT molecular complexity index is 644. The van der Waals surface area contributed by atoms with Crippen molar-refractivity contribution < 1.29 is 17.9 Å². The Morgan fingerprint density at radius 2 is 1.89 bits per heavy atom. The highest BCUT2D eigenvalue weighted by Gasteiger charge is 2.34. The Kier molecular flexibility index (Phi) is 7.01. The number of ether oxygens (including phenoxy) is 1. The maximum absolute atomic E-state index is 12.5. The van der Waals surface area contributed by atoms with Crippen molar-refractivity contribution in [1.82, 2.24) is 15.5 Å². The highest BCUT2D eigenvalue weighted by atomic mass is 19.4. The van der Waals surface area contributed by atoms with E-state index in [0.717, 1.165) is 31.9 Å². The maximum atomic E-state index is 12.5. The predicted molar refractivity (Wildman–Crippen MR) is 104 cm³/mol. The van der Waals surface area contributed by atoms with Crippen LogP contribution in [0.15, 0.2) is 29.3 Å². The van der Waals surface area contributed by atoms with Gasteiger partial charge in [0.15, 0.2) is 5.96 Å². The molecule has 6 nitrogen and oxygen atoms in total. The summed E-state index contributed by atoms with van der Waals surface area (Å²) in [5.41, 5.74) is 2.30. The number of rotatable bonds is 5. The first-order valence-electron chi connectivity index (χ1n) is 9.61. The van der Waals surface area contributed by atoms with E-state index >= 15 is 0 Å². The summed E-state index contributed by atoms with van der Waals surface area (Å²) in [7, 11) is 1.67. The van der Waals surface area contributed by atoms with Gasteiger partial charge in [0.25, 0.3) is 0 Å². The van der Waals surface area contributed by atoms with E-state index in [-0.39, 0.29) is 6.04 Å². The molecule has 3 rings (SSSR count). The molecule has 0 bridgehead atoms. The second kappa shape index (κ2) is 9.47. The Morgan fingerprint density at radius 3 is 2.54 bits per heavy atom. The summed E-state index contributed by atoms with van der Waals surface area (Å²) in [6, 6.07) is 8.32. The highest BCUT2D eigenvalue weighted by Crippen LogP contribution is 2.20. The van der Waals surface area contributed by atoms with Gasteiger partial charge in [-0.2, -0.15) is 13.2 Å². The number of morpholine rings is 1. The van der Waals surface area contributed by atoms with Crippen LogP contribution in [0.3, 0.4) is 0 Å². The molecule has 0 aliphatic carbocycles. The molecule has 2 aliphatic rings. The number of hydrogen-bond donors (Lipinski definition) is 2. The first-order valence-corrected chi connectivity index (χ1v) is 9.61. The minimum absolute atomic E-state index is 0.0303. The molecular weight excluding hydrogens is 371 g/mol. The summed E-state index contributed by atoms with van der Waals surface area (Å²) in [5, 5.41) is 6.46. The molecule has 2 aliphatic heterocycles. The zero-order chi connectivity index (χ0) is 20.0. The monoisotopic (exact) mass is 399 g/mol. The van der Waals surface area contributed by atoms with Gasteiger partial charge in [0.1, 0.15) is 0 Å². The number of guanidine groups is 1. The minimum atomic E-state index is -4.15. The Labute approximate surface area is 163 Å². The van der Waals surface area contributed by atoms with Gasteiger partial charge in [-0.3, -0.25) is 9.89 Å². The lowest BCUT2D eigenvalue weighted by molar-refractivity contribution is -0.143. The largest absolute Gasteiger partial charge is 0.401 e. The standard InChI is InChI=1S/C19H28F3N5O/c1-23-18(25-16-6-7-26(13-16)14-19(20,21)22)24-12-15-2-4-17(5-3-15)27-8-10-28-11-9-27/h2-5,16H,6-14H2,1H3,(H2,23,24,25).